The summed E-state index contributed by atoms with van der Waals surface area (Å²) >= 11 is 0. The molecule has 0 unspecified atom stereocenters. The van der Waals surface area contributed by atoms with E-state index in [9.17, 15) is 13.2 Å². The van der Waals surface area contributed by atoms with Crippen LogP contribution in [0.3, 0.4) is 0 Å². The Morgan fingerprint density at radius 1 is 0.760 bits per heavy atom. The SMILES string of the molecule is NC(=O)c1ccccc1Cc1ccccc1S(=O)(=O)c1ccccc1. The third-order valence-electron chi connectivity index (χ3n) is 3.98. The Bertz CT molecular complexity index is 1010. The smallest absolute Gasteiger partial charge is 0.248 e. The van der Waals surface area contributed by atoms with E-state index >= 15 is 0 Å². The van der Waals surface area contributed by atoms with E-state index in [4.69, 9.17) is 5.73 Å². The highest BCUT2D eigenvalue weighted by molar-refractivity contribution is 7.91. The van der Waals surface area contributed by atoms with Crippen LogP contribution >= 0.6 is 0 Å². The zero-order chi connectivity index (χ0) is 17.9. The fourth-order valence-corrected chi connectivity index (χ4v) is 4.27. The quantitative estimate of drug-likeness (QED) is 0.767. The molecule has 126 valence electrons. The van der Waals surface area contributed by atoms with Crippen LogP contribution in [0.5, 0.6) is 0 Å². The Morgan fingerprint density at radius 2 is 1.32 bits per heavy atom. The normalized spacial score (nSPS) is 11.2. The molecule has 4 nitrogen and oxygen atoms in total. The predicted octanol–water partition coefficient (Wildman–Crippen LogP) is 3.21. The van der Waals surface area contributed by atoms with E-state index < -0.39 is 15.7 Å². The zero-order valence-corrected chi connectivity index (χ0v) is 14.2. The maximum absolute atomic E-state index is 13.0. The Hall–Kier alpha value is -2.92. The fraction of sp³-hybridized carbons (Fsp3) is 0.0500. The van der Waals surface area contributed by atoms with Gasteiger partial charge in [0, 0.05) is 5.56 Å². The number of rotatable bonds is 5. The van der Waals surface area contributed by atoms with Crippen molar-refractivity contribution >= 4 is 15.7 Å². The zero-order valence-electron chi connectivity index (χ0n) is 13.4. The first kappa shape index (κ1) is 16.9. The van der Waals surface area contributed by atoms with E-state index in [-0.39, 0.29) is 9.79 Å². The number of nitrogens with two attached hydrogens (primary N) is 1. The summed E-state index contributed by atoms with van der Waals surface area (Å²) in [5.74, 6) is -0.529. The van der Waals surface area contributed by atoms with Gasteiger partial charge in [-0.2, -0.15) is 0 Å². The van der Waals surface area contributed by atoms with Gasteiger partial charge < -0.3 is 5.73 Å². The van der Waals surface area contributed by atoms with Gasteiger partial charge in [-0.25, -0.2) is 8.42 Å². The lowest BCUT2D eigenvalue weighted by atomic mass is 9.99. The molecule has 0 bridgehead atoms. The van der Waals surface area contributed by atoms with Gasteiger partial charge in [-0.05, 0) is 41.8 Å². The first-order valence-corrected chi connectivity index (χ1v) is 9.24. The van der Waals surface area contributed by atoms with Gasteiger partial charge in [-0.1, -0.05) is 54.6 Å². The van der Waals surface area contributed by atoms with Crippen LogP contribution in [0.25, 0.3) is 0 Å². The lowest BCUT2D eigenvalue weighted by Crippen LogP contribution is -2.14. The molecular formula is C20H17NO3S. The highest BCUT2D eigenvalue weighted by Gasteiger charge is 2.21. The minimum Gasteiger partial charge on any atom is -0.366 e. The van der Waals surface area contributed by atoms with Crippen molar-refractivity contribution < 1.29 is 13.2 Å². The van der Waals surface area contributed by atoms with Gasteiger partial charge in [-0.3, -0.25) is 4.79 Å². The van der Waals surface area contributed by atoms with Crippen molar-refractivity contribution in [2.75, 3.05) is 0 Å². The molecule has 0 aliphatic rings. The van der Waals surface area contributed by atoms with Crippen molar-refractivity contribution in [2.24, 2.45) is 5.73 Å². The molecule has 2 N–H and O–H groups in total. The summed E-state index contributed by atoms with van der Waals surface area (Å²) in [6.45, 7) is 0. The van der Waals surface area contributed by atoms with E-state index in [1.54, 1.807) is 78.9 Å². The van der Waals surface area contributed by atoms with E-state index in [2.05, 4.69) is 0 Å². The van der Waals surface area contributed by atoms with Crippen LogP contribution in [0.2, 0.25) is 0 Å². The minimum atomic E-state index is -3.64. The molecule has 0 atom stereocenters. The van der Waals surface area contributed by atoms with E-state index in [0.29, 0.717) is 23.1 Å². The second-order valence-electron chi connectivity index (χ2n) is 5.62. The molecule has 0 aliphatic heterocycles. The molecule has 5 heteroatoms. The van der Waals surface area contributed by atoms with Crippen molar-refractivity contribution in [3.05, 3.63) is 95.6 Å². The van der Waals surface area contributed by atoms with Gasteiger partial charge in [-0.15, -0.1) is 0 Å². The van der Waals surface area contributed by atoms with E-state index in [0.717, 1.165) is 0 Å². The Labute approximate surface area is 146 Å². The number of carbonyl (C=O) groups excluding carboxylic acids is 1. The Kier molecular flexibility index (Phi) is 4.67. The molecule has 0 saturated heterocycles. The summed E-state index contributed by atoms with van der Waals surface area (Å²) in [6, 6.07) is 22.1. The van der Waals surface area contributed by atoms with Crippen LogP contribution in [-0.4, -0.2) is 14.3 Å². The van der Waals surface area contributed by atoms with Gasteiger partial charge in [0.15, 0.2) is 0 Å². The summed E-state index contributed by atoms with van der Waals surface area (Å²) in [5.41, 5.74) is 7.15. The van der Waals surface area contributed by atoms with Crippen molar-refractivity contribution in [1.29, 1.82) is 0 Å². The number of carbonyl (C=O) groups is 1. The number of benzene rings is 3. The molecule has 3 aromatic carbocycles. The molecule has 0 aromatic heterocycles. The second-order valence-corrected chi connectivity index (χ2v) is 7.54. The van der Waals surface area contributed by atoms with Crippen molar-refractivity contribution in [3.8, 4) is 0 Å². The van der Waals surface area contributed by atoms with Crippen molar-refractivity contribution in [3.63, 3.8) is 0 Å². The van der Waals surface area contributed by atoms with Gasteiger partial charge >= 0.3 is 0 Å². The number of hydrogen-bond acceptors (Lipinski definition) is 3. The summed E-state index contributed by atoms with van der Waals surface area (Å²) in [6.07, 6.45) is 0.307. The standard InChI is InChI=1S/C20H17NO3S/c21-20(22)18-12-6-4-8-15(18)14-16-9-5-7-13-19(16)25(23,24)17-10-2-1-3-11-17/h1-13H,14H2,(H2,21,22). The van der Waals surface area contributed by atoms with Crippen molar-refractivity contribution in [2.45, 2.75) is 16.2 Å². The summed E-state index contributed by atoms with van der Waals surface area (Å²) < 4.78 is 25.9. The lowest BCUT2D eigenvalue weighted by molar-refractivity contribution is 0.0999. The maximum Gasteiger partial charge on any atom is 0.248 e. The van der Waals surface area contributed by atoms with Crippen LogP contribution in [0.15, 0.2) is 88.7 Å². The molecule has 0 aliphatic carbocycles. The summed E-state index contributed by atoms with van der Waals surface area (Å²) in [7, 11) is -3.64. The molecule has 3 rings (SSSR count). The minimum absolute atomic E-state index is 0.237. The highest BCUT2D eigenvalue weighted by atomic mass is 32.2. The largest absolute Gasteiger partial charge is 0.366 e. The van der Waals surface area contributed by atoms with Gasteiger partial charge in [0.05, 0.1) is 9.79 Å². The summed E-state index contributed by atoms with van der Waals surface area (Å²) in [4.78, 5) is 12.1. The van der Waals surface area contributed by atoms with E-state index in [1.165, 1.54) is 0 Å². The average molecular weight is 351 g/mol. The molecular weight excluding hydrogens is 334 g/mol. The average Bonchev–Trinajstić information content (AvgIpc) is 2.63. The lowest BCUT2D eigenvalue weighted by Gasteiger charge is -2.12. The molecule has 3 aromatic rings. The van der Waals surface area contributed by atoms with Gasteiger partial charge in [0.25, 0.3) is 0 Å². The summed E-state index contributed by atoms with van der Waals surface area (Å²) in [5, 5.41) is 0. The number of amides is 1. The third-order valence-corrected chi connectivity index (χ3v) is 5.85. The van der Waals surface area contributed by atoms with Crippen LogP contribution in [0, 0.1) is 0 Å². The molecule has 0 radical (unpaired) electrons. The number of hydrogen-bond donors (Lipinski definition) is 1. The van der Waals surface area contributed by atoms with Crippen LogP contribution in [0.4, 0.5) is 0 Å². The topological polar surface area (TPSA) is 77.2 Å². The molecule has 0 spiro atoms. The Morgan fingerprint density at radius 3 is 2.00 bits per heavy atom. The molecule has 25 heavy (non-hydrogen) atoms. The highest BCUT2D eigenvalue weighted by Crippen LogP contribution is 2.26. The third kappa shape index (κ3) is 3.46. The van der Waals surface area contributed by atoms with Crippen LogP contribution in [-0.2, 0) is 16.3 Å². The number of sulfone groups is 1. The molecule has 0 saturated carbocycles. The monoisotopic (exact) mass is 351 g/mol. The molecule has 1 amide bonds. The van der Waals surface area contributed by atoms with E-state index in [1.807, 2.05) is 0 Å². The maximum atomic E-state index is 13.0. The second kappa shape index (κ2) is 6.91. The van der Waals surface area contributed by atoms with Crippen LogP contribution in [0.1, 0.15) is 21.5 Å². The predicted molar refractivity (Wildman–Crippen MR) is 96.1 cm³/mol. The van der Waals surface area contributed by atoms with Crippen molar-refractivity contribution in [1.82, 2.24) is 0 Å². The van der Waals surface area contributed by atoms with Crippen LogP contribution < -0.4 is 5.73 Å². The first-order chi connectivity index (χ1) is 12.0. The van der Waals surface area contributed by atoms with Gasteiger partial charge in [0.2, 0.25) is 15.7 Å². The number of primary amides is 1. The fourth-order valence-electron chi connectivity index (χ4n) is 2.76. The molecule has 0 heterocycles. The molecule has 0 fully saturated rings. The Balaban J connectivity index is 2.08. The first-order valence-electron chi connectivity index (χ1n) is 7.76. The van der Waals surface area contributed by atoms with Gasteiger partial charge in [0.1, 0.15) is 0 Å².